The van der Waals surface area contributed by atoms with Crippen molar-refractivity contribution in [1.82, 2.24) is 9.80 Å². The van der Waals surface area contributed by atoms with E-state index in [-0.39, 0.29) is 0 Å². The fourth-order valence-electron chi connectivity index (χ4n) is 3.91. The zero-order valence-electron chi connectivity index (χ0n) is 15.3. The molecule has 0 radical (unpaired) electrons. The number of ether oxygens (including phenoxy) is 1. The van der Waals surface area contributed by atoms with Crippen LogP contribution in [0.2, 0.25) is 0 Å². The first-order valence-electron chi connectivity index (χ1n) is 9.11. The molecule has 0 spiro atoms. The minimum absolute atomic E-state index is 0.296. The molecule has 0 aliphatic carbocycles. The number of hydrogen-bond donors (Lipinski definition) is 0. The summed E-state index contributed by atoms with van der Waals surface area (Å²) < 4.78 is 5.50. The highest BCUT2D eigenvalue weighted by atomic mass is 32.2. The maximum Gasteiger partial charge on any atom is 0.232 e. The van der Waals surface area contributed by atoms with Gasteiger partial charge in [-0.2, -0.15) is 11.8 Å². The minimum atomic E-state index is 0.296. The van der Waals surface area contributed by atoms with Crippen LogP contribution in [0.1, 0.15) is 12.8 Å². The van der Waals surface area contributed by atoms with Gasteiger partial charge in [-0.1, -0.05) is 12.1 Å². The lowest BCUT2D eigenvalue weighted by atomic mass is 10.0. The number of rotatable bonds is 5. The number of benzene rings is 1. The molecule has 2 fully saturated rings. The summed E-state index contributed by atoms with van der Waals surface area (Å²) in [5.74, 6) is 1.85. The minimum Gasteiger partial charge on any atom is -0.495 e. The van der Waals surface area contributed by atoms with Crippen molar-refractivity contribution < 1.29 is 9.53 Å². The van der Waals surface area contributed by atoms with Crippen LogP contribution < -0.4 is 9.64 Å². The van der Waals surface area contributed by atoms with Crippen LogP contribution in [0.3, 0.4) is 0 Å². The van der Waals surface area contributed by atoms with Gasteiger partial charge in [0.15, 0.2) is 0 Å². The van der Waals surface area contributed by atoms with E-state index in [2.05, 4.69) is 26.8 Å². The van der Waals surface area contributed by atoms with Gasteiger partial charge in [0.25, 0.3) is 0 Å². The first-order chi connectivity index (χ1) is 12.2. The van der Waals surface area contributed by atoms with Crippen molar-refractivity contribution in [3.63, 3.8) is 0 Å². The third kappa shape index (κ3) is 4.42. The summed E-state index contributed by atoms with van der Waals surface area (Å²) in [6.07, 6.45) is 4.33. The molecule has 0 N–H and O–H groups in total. The topological polar surface area (TPSA) is 36.0 Å². The van der Waals surface area contributed by atoms with Crippen LogP contribution in [0.4, 0.5) is 5.69 Å². The standard InChI is InChI=1S/C19H29N3O2S/c1-24-18-8-4-3-7-17(18)21-12-10-20(11-13-21)16-6-5-9-22(14-16)19(23)15-25-2/h3-4,7-8,16H,5-6,9-15H2,1-2H3/t16-/m1/s1. The van der Waals surface area contributed by atoms with Crippen molar-refractivity contribution in [2.45, 2.75) is 18.9 Å². The summed E-state index contributed by atoms with van der Waals surface area (Å²) in [7, 11) is 1.73. The molecule has 138 valence electrons. The smallest absolute Gasteiger partial charge is 0.232 e. The molecule has 25 heavy (non-hydrogen) atoms. The molecular formula is C19H29N3O2S. The molecule has 2 saturated heterocycles. The van der Waals surface area contributed by atoms with Crippen LogP contribution >= 0.6 is 11.8 Å². The maximum atomic E-state index is 12.2. The Balaban J connectivity index is 1.56. The molecule has 1 aromatic carbocycles. The summed E-state index contributed by atoms with van der Waals surface area (Å²) in [6.45, 7) is 5.94. The monoisotopic (exact) mass is 363 g/mol. The van der Waals surface area contributed by atoms with Gasteiger partial charge in [0.1, 0.15) is 5.75 Å². The zero-order valence-corrected chi connectivity index (χ0v) is 16.1. The number of likely N-dealkylation sites (tertiary alicyclic amines) is 1. The van der Waals surface area contributed by atoms with Crippen molar-refractivity contribution in [2.24, 2.45) is 0 Å². The first-order valence-corrected chi connectivity index (χ1v) is 10.5. The fourth-order valence-corrected chi connectivity index (χ4v) is 4.34. The quantitative estimate of drug-likeness (QED) is 0.801. The number of methoxy groups -OCH3 is 1. The van der Waals surface area contributed by atoms with Crippen LogP contribution in [0.15, 0.2) is 24.3 Å². The lowest BCUT2D eigenvalue weighted by Crippen LogP contribution is -2.56. The molecule has 2 aliphatic heterocycles. The molecule has 3 rings (SSSR count). The summed E-state index contributed by atoms with van der Waals surface area (Å²) in [6, 6.07) is 8.76. The lowest BCUT2D eigenvalue weighted by Gasteiger charge is -2.44. The van der Waals surface area contributed by atoms with Crippen LogP contribution in [-0.2, 0) is 4.79 Å². The first kappa shape index (κ1) is 18.4. The highest BCUT2D eigenvalue weighted by molar-refractivity contribution is 7.99. The Labute approximate surface area is 155 Å². The van der Waals surface area contributed by atoms with E-state index in [1.165, 1.54) is 12.1 Å². The van der Waals surface area contributed by atoms with Gasteiger partial charge in [-0.3, -0.25) is 9.69 Å². The Morgan fingerprint density at radius 1 is 1.20 bits per heavy atom. The molecule has 0 bridgehead atoms. The van der Waals surface area contributed by atoms with E-state index in [1.807, 2.05) is 18.4 Å². The second-order valence-corrected chi connectivity index (χ2v) is 7.63. The number of carbonyl (C=O) groups is 1. The van der Waals surface area contributed by atoms with Crippen LogP contribution in [-0.4, -0.2) is 80.1 Å². The Morgan fingerprint density at radius 3 is 2.68 bits per heavy atom. The van der Waals surface area contributed by atoms with Gasteiger partial charge >= 0.3 is 0 Å². The molecule has 1 atom stereocenters. The van der Waals surface area contributed by atoms with Gasteiger partial charge in [0, 0.05) is 45.3 Å². The fraction of sp³-hybridized carbons (Fsp3) is 0.632. The number of nitrogens with zero attached hydrogens (tertiary/aromatic N) is 3. The number of anilines is 1. The molecule has 2 aliphatic rings. The van der Waals surface area contributed by atoms with Crippen molar-refractivity contribution in [3.05, 3.63) is 24.3 Å². The molecule has 6 heteroatoms. The van der Waals surface area contributed by atoms with E-state index in [0.29, 0.717) is 17.7 Å². The van der Waals surface area contributed by atoms with Crippen LogP contribution in [0, 0.1) is 0 Å². The number of thioether (sulfide) groups is 1. The van der Waals surface area contributed by atoms with Crippen molar-refractivity contribution >= 4 is 23.4 Å². The third-order valence-corrected chi connectivity index (χ3v) is 5.81. The van der Waals surface area contributed by atoms with Gasteiger partial charge in [0.2, 0.25) is 5.91 Å². The predicted molar refractivity (Wildman–Crippen MR) is 105 cm³/mol. The SMILES string of the molecule is COc1ccccc1N1CCN([C@@H]2CCCN(C(=O)CSC)C2)CC1. The van der Waals surface area contributed by atoms with Gasteiger partial charge in [-0.15, -0.1) is 0 Å². The highest BCUT2D eigenvalue weighted by Gasteiger charge is 2.30. The second-order valence-electron chi connectivity index (χ2n) is 6.76. The zero-order chi connectivity index (χ0) is 17.6. The van der Waals surface area contributed by atoms with E-state index in [0.717, 1.165) is 51.4 Å². The van der Waals surface area contributed by atoms with Gasteiger partial charge in [0.05, 0.1) is 18.6 Å². The Bertz CT molecular complexity index is 576. The molecule has 0 unspecified atom stereocenters. The summed E-state index contributed by atoms with van der Waals surface area (Å²) in [5.41, 5.74) is 1.19. The Morgan fingerprint density at radius 2 is 1.96 bits per heavy atom. The molecular weight excluding hydrogens is 334 g/mol. The summed E-state index contributed by atoms with van der Waals surface area (Å²) in [4.78, 5) is 19.3. The van der Waals surface area contributed by atoms with E-state index in [4.69, 9.17) is 4.74 Å². The number of piperazine rings is 1. The largest absolute Gasteiger partial charge is 0.495 e. The van der Waals surface area contributed by atoms with E-state index < -0.39 is 0 Å². The molecule has 1 aromatic rings. The Kier molecular flexibility index (Phi) is 6.48. The lowest BCUT2D eigenvalue weighted by molar-refractivity contribution is -0.130. The van der Waals surface area contributed by atoms with E-state index >= 15 is 0 Å². The third-order valence-electron chi connectivity index (χ3n) is 5.27. The number of para-hydroxylation sites is 2. The normalized spacial score (nSPS) is 22.1. The number of piperidine rings is 1. The van der Waals surface area contributed by atoms with Crippen molar-refractivity contribution in [3.8, 4) is 5.75 Å². The maximum absolute atomic E-state index is 12.2. The van der Waals surface area contributed by atoms with E-state index in [1.54, 1.807) is 18.9 Å². The highest BCUT2D eigenvalue weighted by Crippen LogP contribution is 2.29. The molecule has 0 aromatic heterocycles. The van der Waals surface area contributed by atoms with Gasteiger partial charge in [-0.25, -0.2) is 0 Å². The average Bonchev–Trinajstić information content (AvgIpc) is 2.68. The van der Waals surface area contributed by atoms with E-state index in [9.17, 15) is 4.79 Å². The summed E-state index contributed by atoms with van der Waals surface area (Å²) in [5, 5.41) is 0. The van der Waals surface area contributed by atoms with Crippen molar-refractivity contribution in [2.75, 3.05) is 63.3 Å². The van der Waals surface area contributed by atoms with Gasteiger partial charge < -0.3 is 14.5 Å². The molecule has 0 saturated carbocycles. The molecule has 2 heterocycles. The average molecular weight is 364 g/mol. The summed E-state index contributed by atoms with van der Waals surface area (Å²) >= 11 is 1.62. The number of amides is 1. The van der Waals surface area contributed by atoms with Crippen LogP contribution in [0.25, 0.3) is 0 Å². The predicted octanol–water partition coefficient (Wildman–Crippen LogP) is 2.17. The number of hydrogen-bond acceptors (Lipinski definition) is 5. The second kappa shape index (κ2) is 8.81. The van der Waals surface area contributed by atoms with Gasteiger partial charge in [-0.05, 0) is 31.2 Å². The van der Waals surface area contributed by atoms with Crippen LogP contribution in [0.5, 0.6) is 5.75 Å². The van der Waals surface area contributed by atoms with Crippen molar-refractivity contribution in [1.29, 1.82) is 0 Å². The number of carbonyl (C=O) groups excluding carboxylic acids is 1. The molecule has 5 nitrogen and oxygen atoms in total. The molecule has 1 amide bonds. The Hall–Kier alpha value is -1.40.